The van der Waals surface area contributed by atoms with Crippen molar-refractivity contribution < 1.29 is 0 Å². The Hall–Kier alpha value is 0.0969. The van der Waals surface area contributed by atoms with E-state index in [1.807, 2.05) is 0 Å². The minimum absolute atomic E-state index is 0.509. The van der Waals surface area contributed by atoms with Crippen molar-refractivity contribution in [1.29, 1.82) is 0 Å². The van der Waals surface area contributed by atoms with Crippen molar-refractivity contribution in [2.45, 2.75) is 57.0 Å². The zero-order valence-electron chi connectivity index (χ0n) is 12.8. The van der Waals surface area contributed by atoms with Gasteiger partial charge < -0.3 is 10.6 Å². The van der Waals surface area contributed by atoms with Gasteiger partial charge in [-0.1, -0.05) is 33.9 Å². The van der Waals surface area contributed by atoms with Crippen molar-refractivity contribution in [1.82, 2.24) is 15.5 Å². The van der Waals surface area contributed by atoms with Crippen molar-refractivity contribution in [3.63, 3.8) is 0 Å². The first-order chi connectivity index (χ1) is 8.29. The summed E-state index contributed by atoms with van der Waals surface area (Å²) in [6.07, 6.45) is 0. The molecule has 4 heteroatoms. The van der Waals surface area contributed by atoms with Crippen LogP contribution in [0, 0.1) is 0 Å². The molecule has 2 N–H and O–H groups in total. The van der Waals surface area contributed by atoms with E-state index >= 15 is 0 Å². The third-order valence-electron chi connectivity index (χ3n) is 5.36. The Morgan fingerprint density at radius 1 is 1.22 bits per heavy atom. The highest BCUT2D eigenvalue weighted by Gasteiger charge is 2.39. The van der Waals surface area contributed by atoms with Gasteiger partial charge in [0.2, 0.25) is 0 Å². The zero-order valence-corrected chi connectivity index (χ0v) is 13.8. The molecule has 0 spiro atoms. The van der Waals surface area contributed by atoms with E-state index in [1.54, 1.807) is 0 Å². The van der Waals surface area contributed by atoms with Crippen LogP contribution in [-0.4, -0.2) is 57.8 Å². The van der Waals surface area contributed by atoms with Crippen molar-refractivity contribution in [2.24, 2.45) is 0 Å². The standard InChI is InChI=1S/C14H31N3Si/c1-14(2,3)18(4,5)11-12-10-17-7-6-15-8-13(17)9-16-12/h12-13,15-16H,6-11H2,1-5H3/t12?,13-/m1/s1. The number of nitrogens with zero attached hydrogens (tertiary/aromatic N) is 1. The predicted molar refractivity (Wildman–Crippen MR) is 82.0 cm³/mol. The number of hydrogen-bond acceptors (Lipinski definition) is 3. The summed E-state index contributed by atoms with van der Waals surface area (Å²) in [6, 6.07) is 2.86. The molecule has 2 saturated heterocycles. The normalized spacial score (nSPS) is 31.2. The molecule has 2 rings (SSSR count). The van der Waals surface area contributed by atoms with E-state index in [-0.39, 0.29) is 0 Å². The molecular weight excluding hydrogens is 238 g/mol. The third-order valence-corrected chi connectivity index (χ3v) is 10.9. The van der Waals surface area contributed by atoms with Gasteiger partial charge in [-0.3, -0.25) is 4.90 Å². The number of fused-ring (bicyclic) bond motifs is 1. The summed E-state index contributed by atoms with van der Waals surface area (Å²) in [6.45, 7) is 18.4. The summed E-state index contributed by atoms with van der Waals surface area (Å²) in [4.78, 5) is 2.70. The number of rotatable bonds is 2. The van der Waals surface area contributed by atoms with Gasteiger partial charge in [0.25, 0.3) is 0 Å². The van der Waals surface area contributed by atoms with E-state index in [2.05, 4.69) is 49.4 Å². The van der Waals surface area contributed by atoms with Gasteiger partial charge in [0, 0.05) is 44.8 Å². The fourth-order valence-corrected chi connectivity index (χ4v) is 5.07. The Balaban J connectivity index is 1.91. The summed E-state index contributed by atoms with van der Waals surface area (Å²) in [5, 5.41) is 7.81. The molecule has 0 aromatic carbocycles. The maximum absolute atomic E-state index is 3.80. The van der Waals surface area contributed by atoms with Crippen LogP contribution in [0.3, 0.4) is 0 Å². The summed E-state index contributed by atoms with van der Waals surface area (Å²) in [5.74, 6) is 0. The molecule has 0 bridgehead atoms. The quantitative estimate of drug-likeness (QED) is 0.748. The van der Waals surface area contributed by atoms with Gasteiger partial charge in [-0.15, -0.1) is 0 Å². The van der Waals surface area contributed by atoms with Gasteiger partial charge in [-0.05, 0) is 11.1 Å². The molecule has 2 aliphatic heterocycles. The van der Waals surface area contributed by atoms with Crippen LogP contribution in [-0.2, 0) is 0 Å². The Labute approximate surface area is 114 Å². The highest BCUT2D eigenvalue weighted by atomic mass is 28.3. The molecule has 2 heterocycles. The predicted octanol–water partition coefficient (Wildman–Crippen LogP) is 1.74. The second-order valence-electron chi connectivity index (χ2n) is 7.80. The summed E-state index contributed by atoms with van der Waals surface area (Å²) in [7, 11) is -1.15. The molecule has 106 valence electrons. The average molecular weight is 270 g/mol. The fraction of sp³-hybridized carbons (Fsp3) is 1.00. The summed E-state index contributed by atoms with van der Waals surface area (Å²) in [5.41, 5.74) is 0. The zero-order chi connectivity index (χ0) is 13.4. The van der Waals surface area contributed by atoms with Crippen LogP contribution in [0.4, 0.5) is 0 Å². The van der Waals surface area contributed by atoms with Crippen molar-refractivity contribution in [3.05, 3.63) is 0 Å². The van der Waals surface area contributed by atoms with Crippen molar-refractivity contribution in [3.8, 4) is 0 Å². The molecule has 3 nitrogen and oxygen atoms in total. The fourth-order valence-electron chi connectivity index (χ4n) is 2.95. The maximum Gasteiger partial charge on any atom is 0.0543 e. The van der Waals surface area contributed by atoms with Crippen molar-refractivity contribution >= 4 is 8.07 Å². The van der Waals surface area contributed by atoms with Crippen LogP contribution in [0.5, 0.6) is 0 Å². The average Bonchev–Trinajstić information content (AvgIpc) is 2.27. The molecule has 0 aromatic rings. The summed E-state index contributed by atoms with van der Waals surface area (Å²) < 4.78 is 0. The minimum Gasteiger partial charge on any atom is -0.314 e. The van der Waals surface area contributed by atoms with Crippen molar-refractivity contribution in [2.75, 3.05) is 32.7 Å². The largest absolute Gasteiger partial charge is 0.314 e. The lowest BCUT2D eigenvalue weighted by molar-refractivity contribution is 0.110. The molecule has 1 unspecified atom stereocenters. The number of piperazine rings is 2. The highest BCUT2D eigenvalue weighted by molar-refractivity contribution is 6.80. The minimum atomic E-state index is -1.15. The van der Waals surface area contributed by atoms with Gasteiger partial charge >= 0.3 is 0 Å². The molecule has 0 amide bonds. The van der Waals surface area contributed by atoms with E-state index in [1.165, 1.54) is 38.8 Å². The van der Waals surface area contributed by atoms with Gasteiger partial charge in [0.15, 0.2) is 0 Å². The topological polar surface area (TPSA) is 27.3 Å². The van der Waals surface area contributed by atoms with Crippen LogP contribution in [0.1, 0.15) is 20.8 Å². The summed E-state index contributed by atoms with van der Waals surface area (Å²) >= 11 is 0. The van der Waals surface area contributed by atoms with E-state index in [0.717, 1.165) is 12.1 Å². The van der Waals surface area contributed by atoms with Crippen LogP contribution in [0.25, 0.3) is 0 Å². The SMILES string of the molecule is CC(C)(C)[Si](C)(C)CC1CN2CCNC[C@@H]2CN1. The third kappa shape index (κ3) is 3.16. The molecule has 2 atom stereocenters. The molecule has 0 saturated carbocycles. The van der Waals surface area contributed by atoms with Gasteiger partial charge in [-0.2, -0.15) is 0 Å². The molecule has 0 radical (unpaired) electrons. The van der Waals surface area contributed by atoms with Crippen LogP contribution < -0.4 is 10.6 Å². The first-order valence-electron chi connectivity index (χ1n) is 7.48. The first-order valence-corrected chi connectivity index (χ1v) is 10.7. The molecule has 0 aliphatic carbocycles. The lowest BCUT2D eigenvalue weighted by Crippen LogP contribution is -2.64. The molecule has 0 aromatic heterocycles. The number of hydrogen-bond donors (Lipinski definition) is 2. The Bertz CT molecular complexity index is 285. The van der Waals surface area contributed by atoms with Gasteiger partial charge in [0.1, 0.15) is 0 Å². The Kier molecular flexibility index (Phi) is 4.22. The van der Waals surface area contributed by atoms with E-state index < -0.39 is 8.07 Å². The molecular formula is C14H31N3Si. The smallest absolute Gasteiger partial charge is 0.0543 e. The van der Waals surface area contributed by atoms with E-state index in [0.29, 0.717) is 5.04 Å². The Morgan fingerprint density at radius 2 is 1.94 bits per heavy atom. The first kappa shape index (κ1) is 14.5. The monoisotopic (exact) mass is 269 g/mol. The van der Waals surface area contributed by atoms with Gasteiger partial charge in [-0.25, -0.2) is 0 Å². The molecule has 2 aliphatic rings. The Morgan fingerprint density at radius 3 is 2.61 bits per heavy atom. The second kappa shape index (κ2) is 5.23. The lowest BCUT2D eigenvalue weighted by atomic mass is 10.1. The van der Waals surface area contributed by atoms with E-state index in [4.69, 9.17) is 0 Å². The maximum atomic E-state index is 3.80. The molecule has 2 fully saturated rings. The van der Waals surface area contributed by atoms with Crippen LogP contribution >= 0.6 is 0 Å². The van der Waals surface area contributed by atoms with Crippen LogP contribution in [0.15, 0.2) is 0 Å². The lowest BCUT2D eigenvalue weighted by Gasteiger charge is -2.47. The van der Waals surface area contributed by atoms with Gasteiger partial charge in [0.05, 0.1) is 8.07 Å². The van der Waals surface area contributed by atoms with Crippen LogP contribution in [0.2, 0.25) is 24.2 Å². The second-order valence-corrected chi connectivity index (χ2v) is 13.5. The molecule has 18 heavy (non-hydrogen) atoms. The highest BCUT2D eigenvalue weighted by Crippen LogP contribution is 2.39. The van der Waals surface area contributed by atoms with E-state index in [9.17, 15) is 0 Å². The number of nitrogens with one attached hydrogen (secondary N) is 2.